The van der Waals surface area contributed by atoms with Crippen LogP contribution in [-0.4, -0.2) is 49.2 Å². The van der Waals surface area contributed by atoms with Gasteiger partial charge in [-0.1, -0.05) is 26.0 Å². The zero-order valence-corrected chi connectivity index (χ0v) is 17.3. The molecule has 0 amide bonds. The zero-order valence-electron chi connectivity index (χ0n) is 17.3. The summed E-state index contributed by atoms with van der Waals surface area (Å²) in [4.78, 5) is 15.3. The number of hydrogen-bond acceptors (Lipinski definition) is 5. The van der Waals surface area contributed by atoms with E-state index in [1.807, 2.05) is 13.0 Å². The number of rotatable bonds is 7. The highest BCUT2D eigenvalue weighted by Gasteiger charge is 2.43. The molecule has 0 saturated carbocycles. The van der Waals surface area contributed by atoms with Crippen LogP contribution in [0.2, 0.25) is 0 Å². The molecule has 2 aliphatic rings. The van der Waals surface area contributed by atoms with Gasteiger partial charge in [0.15, 0.2) is 0 Å². The molecular weight excluding hydrogens is 357 g/mol. The highest BCUT2D eigenvalue weighted by atomic mass is 19.1. The van der Waals surface area contributed by atoms with E-state index in [1.54, 1.807) is 6.07 Å². The van der Waals surface area contributed by atoms with E-state index in [2.05, 4.69) is 29.6 Å². The fourth-order valence-corrected chi connectivity index (χ4v) is 4.46. The number of carbonyl (C=O) groups is 1. The summed E-state index contributed by atoms with van der Waals surface area (Å²) in [5.41, 5.74) is 7.13. The van der Waals surface area contributed by atoms with Gasteiger partial charge in [0, 0.05) is 18.6 Å². The maximum absolute atomic E-state index is 13.6. The lowest BCUT2D eigenvalue weighted by atomic mass is 9.73. The summed E-state index contributed by atoms with van der Waals surface area (Å²) in [6.45, 7) is 9.40. The second-order valence-corrected chi connectivity index (χ2v) is 8.68. The fourth-order valence-electron chi connectivity index (χ4n) is 4.46. The zero-order chi connectivity index (χ0) is 20.1. The summed E-state index contributed by atoms with van der Waals surface area (Å²) in [7, 11) is 0. The van der Waals surface area contributed by atoms with Crippen LogP contribution in [0.1, 0.15) is 45.6 Å². The molecule has 2 fully saturated rings. The molecule has 1 aromatic rings. The Morgan fingerprint density at radius 3 is 2.68 bits per heavy atom. The van der Waals surface area contributed by atoms with Crippen molar-refractivity contribution in [3.63, 3.8) is 0 Å². The molecular formula is C22H34FN3O2. The minimum Gasteiger partial charge on any atom is -0.466 e. The van der Waals surface area contributed by atoms with E-state index >= 15 is 0 Å². The third-order valence-corrected chi connectivity index (χ3v) is 6.25. The lowest BCUT2D eigenvalue weighted by molar-refractivity contribution is -0.158. The van der Waals surface area contributed by atoms with Crippen LogP contribution in [0.5, 0.6) is 0 Å². The Labute approximate surface area is 168 Å². The van der Waals surface area contributed by atoms with Gasteiger partial charge >= 0.3 is 5.97 Å². The summed E-state index contributed by atoms with van der Waals surface area (Å²) < 4.78 is 19.1. The van der Waals surface area contributed by atoms with E-state index < -0.39 is 5.41 Å². The van der Waals surface area contributed by atoms with Gasteiger partial charge in [0.2, 0.25) is 0 Å². The van der Waals surface area contributed by atoms with Crippen LogP contribution < -0.4 is 10.9 Å². The standard InChI is InChI=1S/C22H34FN3O2/c1-4-28-21(27)22(14-17-6-5-7-18(23)12-17)8-10-26(11-9-22)15-19-13-20(16(2)3)25-24-19/h5-7,12,16,19-20,24-25H,4,8-11,13-15H2,1-3H3. The first-order valence-electron chi connectivity index (χ1n) is 10.6. The molecule has 0 aromatic heterocycles. The maximum atomic E-state index is 13.6. The molecule has 2 saturated heterocycles. The van der Waals surface area contributed by atoms with Crippen LogP contribution in [-0.2, 0) is 16.0 Å². The van der Waals surface area contributed by atoms with Gasteiger partial charge in [-0.05, 0) is 69.3 Å². The summed E-state index contributed by atoms with van der Waals surface area (Å²) in [5.74, 6) is 0.217. The van der Waals surface area contributed by atoms with Crippen molar-refractivity contribution in [1.82, 2.24) is 15.8 Å². The molecule has 2 N–H and O–H groups in total. The Hall–Kier alpha value is -1.50. The molecule has 1 aromatic carbocycles. The summed E-state index contributed by atoms with van der Waals surface area (Å²) in [6, 6.07) is 7.54. The molecule has 2 unspecified atom stereocenters. The van der Waals surface area contributed by atoms with Crippen molar-refractivity contribution >= 4 is 5.97 Å². The minimum absolute atomic E-state index is 0.139. The predicted octanol–water partition coefficient (Wildman–Crippen LogP) is 2.90. The van der Waals surface area contributed by atoms with Gasteiger partial charge in [-0.25, -0.2) is 4.39 Å². The molecule has 3 rings (SSSR count). The Morgan fingerprint density at radius 2 is 2.07 bits per heavy atom. The first kappa shape index (κ1) is 21.2. The van der Waals surface area contributed by atoms with Gasteiger partial charge in [0.25, 0.3) is 0 Å². The molecule has 2 heterocycles. The third-order valence-electron chi connectivity index (χ3n) is 6.25. The molecule has 0 radical (unpaired) electrons. The molecule has 0 spiro atoms. The predicted molar refractivity (Wildman–Crippen MR) is 108 cm³/mol. The van der Waals surface area contributed by atoms with E-state index in [1.165, 1.54) is 12.1 Å². The number of carbonyl (C=O) groups excluding carboxylic acids is 1. The van der Waals surface area contributed by atoms with E-state index in [-0.39, 0.29) is 11.8 Å². The highest BCUT2D eigenvalue weighted by Crippen LogP contribution is 2.37. The second kappa shape index (κ2) is 9.33. The topological polar surface area (TPSA) is 53.6 Å². The minimum atomic E-state index is -0.553. The Bertz CT molecular complexity index is 659. The van der Waals surface area contributed by atoms with E-state index in [9.17, 15) is 9.18 Å². The van der Waals surface area contributed by atoms with Crippen LogP contribution in [0.3, 0.4) is 0 Å². The average molecular weight is 392 g/mol. The number of ether oxygens (including phenoxy) is 1. The normalized spacial score (nSPS) is 25.2. The van der Waals surface area contributed by atoms with Crippen molar-refractivity contribution in [2.75, 3.05) is 26.2 Å². The number of nitrogens with zero attached hydrogens (tertiary/aromatic N) is 1. The quantitative estimate of drug-likeness (QED) is 0.700. The van der Waals surface area contributed by atoms with Crippen LogP contribution in [0, 0.1) is 17.2 Å². The van der Waals surface area contributed by atoms with E-state index in [0.717, 1.165) is 44.5 Å². The molecule has 6 heteroatoms. The van der Waals surface area contributed by atoms with Gasteiger partial charge in [-0.2, -0.15) is 0 Å². The highest BCUT2D eigenvalue weighted by molar-refractivity contribution is 5.77. The Balaban J connectivity index is 1.61. The molecule has 2 aliphatic heterocycles. The molecule has 156 valence electrons. The van der Waals surface area contributed by atoms with Crippen LogP contribution in [0.4, 0.5) is 4.39 Å². The lowest BCUT2D eigenvalue weighted by Crippen LogP contribution is -2.49. The van der Waals surface area contributed by atoms with Gasteiger partial charge in [0.05, 0.1) is 12.0 Å². The van der Waals surface area contributed by atoms with Gasteiger partial charge in [0.1, 0.15) is 5.82 Å². The molecule has 2 atom stereocenters. The summed E-state index contributed by atoms with van der Waals surface area (Å²) >= 11 is 0. The van der Waals surface area contributed by atoms with Crippen molar-refractivity contribution < 1.29 is 13.9 Å². The van der Waals surface area contributed by atoms with Gasteiger partial charge in [-0.15, -0.1) is 0 Å². The summed E-state index contributed by atoms with van der Waals surface area (Å²) in [6.07, 6.45) is 3.16. The number of benzene rings is 1. The van der Waals surface area contributed by atoms with E-state index in [0.29, 0.717) is 31.0 Å². The smallest absolute Gasteiger partial charge is 0.312 e. The Kier molecular flexibility index (Phi) is 7.07. The van der Waals surface area contributed by atoms with Crippen LogP contribution in [0.25, 0.3) is 0 Å². The number of piperidine rings is 1. The second-order valence-electron chi connectivity index (χ2n) is 8.68. The largest absolute Gasteiger partial charge is 0.466 e. The fraction of sp³-hybridized carbons (Fsp3) is 0.682. The molecule has 0 aliphatic carbocycles. The SMILES string of the molecule is CCOC(=O)C1(Cc2cccc(F)c2)CCN(CC2CC(C(C)C)NN2)CC1. The van der Waals surface area contributed by atoms with Crippen molar-refractivity contribution in [2.45, 2.75) is 58.5 Å². The van der Waals surface area contributed by atoms with Crippen molar-refractivity contribution in [1.29, 1.82) is 0 Å². The first-order valence-corrected chi connectivity index (χ1v) is 10.6. The van der Waals surface area contributed by atoms with Gasteiger partial charge < -0.3 is 9.64 Å². The average Bonchev–Trinajstić information content (AvgIpc) is 3.12. The number of halogens is 1. The van der Waals surface area contributed by atoms with Crippen molar-refractivity contribution in [3.8, 4) is 0 Å². The molecule has 28 heavy (non-hydrogen) atoms. The number of nitrogens with one attached hydrogen (secondary N) is 2. The monoisotopic (exact) mass is 391 g/mol. The van der Waals surface area contributed by atoms with Crippen LogP contribution >= 0.6 is 0 Å². The van der Waals surface area contributed by atoms with Crippen molar-refractivity contribution in [3.05, 3.63) is 35.6 Å². The van der Waals surface area contributed by atoms with E-state index in [4.69, 9.17) is 4.74 Å². The number of likely N-dealkylation sites (tertiary alicyclic amines) is 1. The summed E-state index contributed by atoms with van der Waals surface area (Å²) in [5, 5.41) is 0. The lowest BCUT2D eigenvalue weighted by Gasteiger charge is -2.40. The molecule has 0 bridgehead atoms. The number of hydrazine groups is 1. The van der Waals surface area contributed by atoms with Crippen molar-refractivity contribution in [2.24, 2.45) is 11.3 Å². The third kappa shape index (κ3) is 5.10. The maximum Gasteiger partial charge on any atom is 0.312 e. The molecule has 5 nitrogen and oxygen atoms in total. The Morgan fingerprint density at radius 1 is 1.32 bits per heavy atom. The van der Waals surface area contributed by atoms with Gasteiger partial charge in [-0.3, -0.25) is 15.6 Å². The van der Waals surface area contributed by atoms with Crippen LogP contribution in [0.15, 0.2) is 24.3 Å². The first-order chi connectivity index (χ1) is 13.4. The number of hydrogen-bond donors (Lipinski definition) is 2. The number of esters is 1.